The van der Waals surface area contributed by atoms with Crippen LogP contribution in [-0.2, 0) is 13.0 Å². The molecule has 0 aliphatic carbocycles. The number of hydrogen-bond acceptors (Lipinski definition) is 5. The third-order valence-electron chi connectivity index (χ3n) is 2.67. The minimum atomic E-state index is 0.430. The minimum Gasteiger partial charge on any atom is -0.396 e. The van der Waals surface area contributed by atoms with Crippen molar-refractivity contribution in [1.29, 1.82) is 0 Å². The van der Waals surface area contributed by atoms with Gasteiger partial charge in [0.25, 0.3) is 0 Å². The van der Waals surface area contributed by atoms with Gasteiger partial charge in [0.2, 0.25) is 5.89 Å². The topological polar surface area (TPSA) is 82.8 Å². The number of benzene rings is 1. The highest BCUT2D eigenvalue weighted by molar-refractivity contribution is 5.30. The van der Waals surface area contributed by atoms with E-state index in [-0.39, 0.29) is 0 Å². The predicted molar refractivity (Wildman–Crippen MR) is 69.3 cm³/mol. The van der Waals surface area contributed by atoms with Gasteiger partial charge in [-0.25, -0.2) is 0 Å². The van der Waals surface area contributed by atoms with Gasteiger partial charge in [-0.2, -0.15) is 10.1 Å². The van der Waals surface area contributed by atoms with Gasteiger partial charge in [-0.05, 0) is 5.56 Å². The van der Waals surface area contributed by atoms with Gasteiger partial charge in [-0.3, -0.25) is 4.68 Å². The lowest BCUT2D eigenvalue weighted by Gasteiger charge is -1.95. The first-order chi connectivity index (χ1) is 9.29. The molecule has 3 rings (SSSR count). The largest absolute Gasteiger partial charge is 0.396 e. The van der Waals surface area contributed by atoms with E-state index in [9.17, 15) is 0 Å². The Labute approximate surface area is 109 Å². The molecule has 2 heterocycles. The van der Waals surface area contributed by atoms with Crippen LogP contribution in [0.5, 0.6) is 0 Å². The molecule has 96 valence electrons. The van der Waals surface area contributed by atoms with E-state index in [2.05, 4.69) is 15.2 Å². The predicted octanol–water partition coefficient (Wildman–Crippen LogP) is 1.49. The fourth-order valence-electron chi connectivity index (χ4n) is 1.81. The molecule has 0 fully saturated rings. The molecule has 0 aliphatic rings. The van der Waals surface area contributed by atoms with Crippen LogP contribution in [0.3, 0.4) is 0 Å². The average molecular weight is 255 g/mol. The summed E-state index contributed by atoms with van der Waals surface area (Å²) >= 11 is 0. The molecular weight excluding hydrogens is 242 g/mol. The SMILES string of the molecule is Nc1cnn(Cc2nc(Cc3ccccc3)no2)c1. The lowest BCUT2D eigenvalue weighted by molar-refractivity contribution is 0.362. The van der Waals surface area contributed by atoms with Gasteiger partial charge in [-0.15, -0.1) is 0 Å². The summed E-state index contributed by atoms with van der Waals surface area (Å²) in [6, 6.07) is 10.0. The Bertz CT molecular complexity index is 658. The number of aromatic nitrogens is 4. The summed E-state index contributed by atoms with van der Waals surface area (Å²) < 4.78 is 6.85. The Morgan fingerprint density at radius 2 is 2.05 bits per heavy atom. The van der Waals surface area contributed by atoms with Crippen molar-refractivity contribution in [1.82, 2.24) is 19.9 Å². The van der Waals surface area contributed by atoms with Crippen LogP contribution in [0.1, 0.15) is 17.3 Å². The molecule has 2 N–H and O–H groups in total. The molecule has 0 atom stereocenters. The van der Waals surface area contributed by atoms with E-state index in [1.165, 1.54) is 0 Å². The van der Waals surface area contributed by atoms with Crippen LogP contribution in [0, 0.1) is 0 Å². The summed E-state index contributed by atoms with van der Waals surface area (Å²) in [5, 5.41) is 8.02. The maximum atomic E-state index is 5.59. The van der Waals surface area contributed by atoms with Crippen molar-refractivity contribution in [2.45, 2.75) is 13.0 Å². The number of nitrogens with zero attached hydrogens (tertiary/aromatic N) is 4. The van der Waals surface area contributed by atoms with Crippen LogP contribution in [0.25, 0.3) is 0 Å². The summed E-state index contributed by atoms with van der Waals surface area (Å²) in [7, 11) is 0. The maximum Gasteiger partial charge on any atom is 0.248 e. The Balaban J connectivity index is 1.69. The third-order valence-corrected chi connectivity index (χ3v) is 2.67. The molecule has 0 radical (unpaired) electrons. The standard InChI is InChI=1S/C13H13N5O/c14-11-7-15-18(8-11)9-13-16-12(17-19-13)6-10-4-2-1-3-5-10/h1-5,7-8H,6,9,14H2. The van der Waals surface area contributed by atoms with Crippen molar-refractivity contribution in [3.05, 3.63) is 60.0 Å². The smallest absolute Gasteiger partial charge is 0.248 e. The zero-order valence-electron chi connectivity index (χ0n) is 10.2. The average Bonchev–Trinajstić information content (AvgIpc) is 3.01. The van der Waals surface area contributed by atoms with E-state index in [1.54, 1.807) is 17.1 Å². The molecule has 3 aromatic rings. The van der Waals surface area contributed by atoms with Crippen LogP contribution < -0.4 is 5.73 Å². The second kappa shape index (κ2) is 4.93. The first-order valence-electron chi connectivity index (χ1n) is 5.93. The van der Waals surface area contributed by atoms with E-state index in [0.717, 1.165) is 5.56 Å². The molecule has 6 heteroatoms. The second-order valence-electron chi connectivity index (χ2n) is 4.24. The van der Waals surface area contributed by atoms with Crippen molar-refractivity contribution in [2.75, 3.05) is 5.73 Å². The van der Waals surface area contributed by atoms with Gasteiger partial charge in [0, 0.05) is 12.6 Å². The molecule has 1 aromatic carbocycles. The third kappa shape index (κ3) is 2.79. The molecule has 2 aromatic heterocycles. The van der Waals surface area contributed by atoms with Crippen molar-refractivity contribution >= 4 is 5.69 Å². The number of hydrogen-bond donors (Lipinski definition) is 1. The normalized spacial score (nSPS) is 10.7. The van der Waals surface area contributed by atoms with Crippen molar-refractivity contribution < 1.29 is 4.52 Å². The first kappa shape index (κ1) is 11.5. The summed E-state index contributed by atoms with van der Waals surface area (Å²) in [5.41, 5.74) is 7.36. The number of anilines is 1. The molecule has 0 amide bonds. The Kier molecular flexibility index (Phi) is 2.97. The van der Waals surface area contributed by atoms with Gasteiger partial charge in [0.05, 0.1) is 11.9 Å². The number of rotatable bonds is 4. The molecule has 6 nitrogen and oxygen atoms in total. The minimum absolute atomic E-state index is 0.430. The number of nitrogen functional groups attached to an aromatic ring is 1. The Morgan fingerprint density at radius 1 is 1.21 bits per heavy atom. The van der Waals surface area contributed by atoms with Crippen molar-refractivity contribution in [3.63, 3.8) is 0 Å². The van der Waals surface area contributed by atoms with Gasteiger partial charge in [0.1, 0.15) is 6.54 Å². The van der Waals surface area contributed by atoms with Gasteiger partial charge in [-0.1, -0.05) is 35.5 Å². The van der Waals surface area contributed by atoms with Crippen LogP contribution in [0.2, 0.25) is 0 Å². The van der Waals surface area contributed by atoms with Crippen LogP contribution in [0.15, 0.2) is 47.2 Å². The quantitative estimate of drug-likeness (QED) is 0.763. The van der Waals surface area contributed by atoms with Crippen LogP contribution >= 0.6 is 0 Å². The van der Waals surface area contributed by atoms with E-state index in [1.807, 2.05) is 30.3 Å². The Hall–Kier alpha value is -2.63. The second-order valence-corrected chi connectivity index (χ2v) is 4.24. The van der Waals surface area contributed by atoms with E-state index in [4.69, 9.17) is 10.3 Å². The van der Waals surface area contributed by atoms with Crippen LogP contribution in [-0.4, -0.2) is 19.9 Å². The van der Waals surface area contributed by atoms with Crippen LogP contribution in [0.4, 0.5) is 5.69 Å². The molecular formula is C13H13N5O. The lowest BCUT2D eigenvalue weighted by Crippen LogP contribution is -2.00. The highest BCUT2D eigenvalue weighted by Gasteiger charge is 2.08. The molecule has 0 saturated carbocycles. The summed E-state index contributed by atoms with van der Waals surface area (Å²) in [4.78, 5) is 4.33. The fourth-order valence-corrected chi connectivity index (χ4v) is 1.81. The monoisotopic (exact) mass is 255 g/mol. The van der Waals surface area contributed by atoms with E-state index < -0.39 is 0 Å². The number of nitrogens with two attached hydrogens (primary N) is 1. The molecule has 0 bridgehead atoms. The first-order valence-corrected chi connectivity index (χ1v) is 5.93. The molecule has 0 spiro atoms. The lowest BCUT2D eigenvalue weighted by atomic mass is 10.1. The zero-order valence-corrected chi connectivity index (χ0v) is 10.2. The van der Waals surface area contributed by atoms with E-state index >= 15 is 0 Å². The summed E-state index contributed by atoms with van der Waals surface area (Å²) in [6.45, 7) is 0.430. The van der Waals surface area contributed by atoms with Gasteiger partial charge < -0.3 is 10.3 Å². The van der Waals surface area contributed by atoms with E-state index in [0.29, 0.717) is 30.4 Å². The molecule has 0 saturated heterocycles. The molecule has 0 aliphatic heterocycles. The van der Waals surface area contributed by atoms with Crippen molar-refractivity contribution in [3.8, 4) is 0 Å². The molecule has 19 heavy (non-hydrogen) atoms. The summed E-state index contributed by atoms with van der Waals surface area (Å²) in [5.74, 6) is 1.19. The molecule has 0 unspecified atom stereocenters. The summed E-state index contributed by atoms with van der Waals surface area (Å²) in [6.07, 6.45) is 3.97. The highest BCUT2D eigenvalue weighted by Crippen LogP contribution is 2.08. The maximum absolute atomic E-state index is 5.59. The van der Waals surface area contributed by atoms with Gasteiger partial charge >= 0.3 is 0 Å². The zero-order chi connectivity index (χ0) is 13.1. The van der Waals surface area contributed by atoms with Gasteiger partial charge in [0.15, 0.2) is 5.82 Å². The van der Waals surface area contributed by atoms with Crippen molar-refractivity contribution in [2.24, 2.45) is 0 Å². The fraction of sp³-hybridized carbons (Fsp3) is 0.154. The Morgan fingerprint density at radius 3 is 2.79 bits per heavy atom. The highest BCUT2D eigenvalue weighted by atomic mass is 16.5.